The molecule has 2 aromatic carbocycles. The van der Waals surface area contributed by atoms with Gasteiger partial charge in [-0.15, -0.1) is 0 Å². The minimum Gasteiger partial charge on any atom is -0.497 e. The fraction of sp³-hybridized carbons (Fsp3) is 0.261. The quantitative estimate of drug-likeness (QED) is 0.600. The molecule has 3 aromatic rings. The van der Waals surface area contributed by atoms with Crippen molar-refractivity contribution in [3.63, 3.8) is 0 Å². The average molecular weight is 395 g/mol. The molecule has 6 nitrogen and oxygen atoms in total. The second-order valence-electron chi connectivity index (χ2n) is 6.62. The van der Waals surface area contributed by atoms with E-state index in [1.807, 2.05) is 56.3 Å². The topological polar surface area (TPSA) is 69.9 Å². The second-order valence-corrected chi connectivity index (χ2v) is 6.62. The number of amides is 1. The standard InChI is InChI=1S/C23H25NO5/c1-15-7-5-6-8-20(15)28-14-18-10-12-22(29-18)23(25)24-16(2)19-13-17(26-3)9-11-21(19)27-4/h5-13,16H,14H2,1-4H3,(H,24,25). The molecule has 1 atom stereocenters. The van der Waals surface area contributed by atoms with E-state index in [-0.39, 0.29) is 24.3 Å². The number of aryl methyl sites for hydroxylation is 1. The van der Waals surface area contributed by atoms with E-state index < -0.39 is 0 Å². The first-order chi connectivity index (χ1) is 14.0. The van der Waals surface area contributed by atoms with Gasteiger partial charge in [-0.05, 0) is 55.8 Å². The van der Waals surface area contributed by atoms with E-state index in [9.17, 15) is 4.79 Å². The molecule has 0 aliphatic rings. The summed E-state index contributed by atoms with van der Waals surface area (Å²) in [5.74, 6) is 2.63. The fourth-order valence-corrected chi connectivity index (χ4v) is 2.97. The molecule has 1 unspecified atom stereocenters. The van der Waals surface area contributed by atoms with Crippen molar-refractivity contribution in [2.75, 3.05) is 14.2 Å². The number of carbonyl (C=O) groups is 1. The van der Waals surface area contributed by atoms with Crippen LogP contribution in [0.5, 0.6) is 17.2 Å². The van der Waals surface area contributed by atoms with Crippen LogP contribution in [-0.2, 0) is 6.61 Å². The van der Waals surface area contributed by atoms with Gasteiger partial charge in [-0.25, -0.2) is 0 Å². The van der Waals surface area contributed by atoms with Crippen LogP contribution in [0.3, 0.4) is 0 Å². The monoisotopic (exact) mass is 395 g/mol. The van der Waals surface area contributed by atoms with E-state index >= 15 is 0 Å². The van der Waals surface area contributed by atoms with Crippen LogP contribution in [0.4, 0.5) is 0 Å². The van der Waals surface area contributed by atoms with Gasteiger partial charge in [0.05, 0.1) is 20.3 Å². The molecule has 29 heavy (non-hydrogen) atoms. The molecule has 0 spiro atoms. The van der Waals surface area contributed by atoms with Crippen molar-refractivity contribution in [3.05, 3.63) is 77.2 Å². The Labute approximate surface area is 170 Å². The lowest BCUT2D eigenvalue weighted by atomic mass is 10.1. The lowest BCUT2D eigenvalue weighted by Gasteiger charge is -2.17. The SMILES string of the molecule is COc1ccc(OC)c(C(C)NC(=O)c2ccc(COc3ccccc3C)o2)c1. The Morgan fingerprint density at radius 3 is 2.55 bits per heavy atom. The van der Waals surface area contributed by atoms with Crippen LogP contribution in [0, 0.1) is 6.92 Å². The third-order valence-corrected chi connectivity index (χ3v) is 4.60. The zero-order chi connectivity index (χ0) is 20.8. The molecule has 0 aliphatic carbocycles. The maximum absolute atomic E-state index is 12.6. The Morgan fingerprint density at radius 2 is 1.83 bits per heavy atom. The van der Waals surface area contributed by atoms with Crippen LogP contribution in [0.25, 0.3) is 0 Å². The summed E-state index contributed by atoms with van der Waals surface area (Å²) in [6.45, 7) is 4.10. The summed E-state index contributed by atoms with van der Waals surface area (Å²) in [6, 6.07) is 16.3. The number of hydrogen-bond acceptors (Lipinski definition) is 5. The minimum absolute atomic E-state index is 0.224. The lowest BCUT2D eigenvalue weighted by Crippen LogP contribution is -2.26. The molecule has 0 radical (unpaired) electrons. The number of methoxy groups -OCH3 is 2. The fourth-order valence-electron chi connectivity index (χ4n) is 2.97. The van der Waals surface area contributed by atoms with Gasteiger partial charge in [-0.2, -0.15) is 0 Å². The summed E-state index contributed by atoms with van der Waals surface area (Å²) in [4.78, 5) is 12.6. The molecule has 1 heterocycles. The van der Waals surface area contributed by atoms with Gasteiger partial charge in [0.25, 0.3) is 5.91 Å². The summed E-state index contributed by atoms with van der Waals surface area (Å²) in [7, 11) is 3.19. The number of nitrogens with one attached hydrogen (secondary N) is 1. The number of furan rings is 1. The summed E-state index contributed by atoms with van der Waals surface area (Å²) >= 11 is 0. The largest absolute Gasteiger partial charge is 0.497 e. The summed E-state index contributed by atoms with van der Waals surface area (Å²) in [5, 5.41) is 2.93. The molecular formula is C23H25NO5. The Hall–Kier alpha value is -3.41. The van der Waals surface area contributed by atoms with Crippen LogP contribution < -0.4 is 19.5 Å². The lowest BCUT2D eigenvalue weighted by molar-refractivity contribution is 0.0907. The van der Waals surface area contributed by atoms with Crippen molar-refractivity contribution in [3.8, 4) is 17.2 Å². The number of carbonyl (C=O) groups excluding carboxylic acids is 1. The molecular weight excluding hydrogens is 370 g/mol. The molecule has 0 aliphatic heterocycles. The Morgan fingerprint density at radius 1 is 1.03 bits per heavy atom. The van der Waals surface area contributed by atoms with E-state index in [1.165, 1.54) is 0 Å². The Kier molecular flexibility index (Phi) is 6.44. The predicted molar refractivity (Wildman–Crippen MR) is 110 cm³/mol. The van der Waals surface area contributed by atoms with Crippen molar-refractivity contribution in [1.29, 1.82) is 0 Å². The molecule has 1 aromatic heterocycles. The first-order valence-electron chi connectivity index (χ1n) is 9.31. The zero-order valence-electron chi connectivity index (χ0n) is 17.0. The molecule has 152 valence electrons. The maximum Gasteiger partial charge on any atom is 0.287 e. The number of benzene rings is 2. The number of para-hydroxylation sites is 1. The molecule has 0 saturated heterocycles. The smallest absolute Gasteiger partial charge is 0.287 e. The van der Waals surface area contributed by atoms with E-state index in [0.717, 1.165) is 16.9 Å². The highest BCUT2D eigenvalue weighted by atomic mass is 16.5. The first kappa shape index (κ1) is 20.3. The van der Waals surface area contributed by atoms with E-state index in [2.05, 4.69) is 5.32 Å². The van der Waals surface area contributed by atoms with Gasteiger partial charge in [-0.1, -0.05) is 18.2 Å². The molecule has 0 fully saturated rings. The summed E-state index contributed by atoms with van der Waals surface area (Å²) in [6.07, 6.45) is 0. The number of rotatable bonds is 8. The summed E-state index contributed by atoms with van der Waals surface area (Å²) in [5.41, 5.74) is 1.85. The average Bonchev–Trinajstić information content (AvgIpc) is 3.22. The van der Waals surface area contributed by atoms with Gasteiger partial charge >= 0.3 is 0 Å². The Balaban J connectivity index is 1.65. The minimum atomic E-state index is -0.315. The van der Waals surface area contributed by atoms with E-state index in [1.54, 1.807) is 26.4 Å². The van der Waals surface area contributed by atoms with Crippen molar-refractivity contribution in [1.82, 2.24) is 5.32 Å². The third-order valence-electron chi connectivity index (χ3n) is 4.60. The van der Waals surface area contributed by atoms with E-state index in [4.69, 9.17) is 18.6 Å². The van der Waals surface area contributed by atoms with Gasteiger partial charge in [0.1, 0.15) is 29.6 Å². The van der Waals surface area contributed by atoms with Crippen LogP contribution in [0.1, 0.15) is 40.4 Å². The molecule has 0 saturated carbocycles. The first-order valence-corrected chi connectivity index (χ1v) is 9.31. The van der Waals surface area contributed by atoms with Crippen LogP contribution in [0.15, 0.2) is 59.0 Å². The highest BCUT2D eigenvalue weighted by Gasteiger charge is 2.18. The van der Waals surface area contributed by atoms with Crippen molar-refractivity contribution >= 4 is 5.91 Å². The van der Waals surface area contributed by atoms with Crippen molar-refractivity contribution < 1.29 is 23.4 Å². The van der Waals surface area contributed by atoms with Crippen molar-refractivity contribution in [2.45, 2.75) is 26.5 Å². The maximum atomic E-state index is 12.6. The van der Waals surface area contributed by atoms with Crippen LogP contribution in [0.2, 0.25) is 0 Å². The van der Waals surface area contributed by atoms with Gasteiger partial charge in [0.2, 0.25) is 0 Å². The van der Waals surface area contributed by atoms with Gasteiger partial charge in [0.15, 0.2) is 5.76 Å². The van der Waals surface area contributed by atoms with Gasteiger partial charge in [0, 0.05) is 5.56 Å². The zero-order valence-corrected chi connectivity index (χ0v) is 17.0. The predicted octanol–water partition coefficient (Wildman–Crippen LogP) is 4.68. The third kappa shape index (κ3) is 4.90. The second kappa shape index (κ2) is 9.19. The molecule has 6 heteroatoms. The number of ether oxygens (including phenoxy) is 3. The normalized spacial score (nSPS) is 11.6. The Bertz CT molecular complexity index is 979. The van der Waals surface area contributed by atoms with E-state index in [0.29, 0.717) is 17.3 Å². The highest BCUT2D eigenvalue weighted by molar-refractivity contribution is 5.91. The molecule has 1 amide bonds. The molecule has 0 bridgehead atoms. The molecule has 3 rings (SSSR count). The van der Waals surface area contributed by atoms with Gasteiger partial charge < -0.3 is 23.9 Å². The van der Waals surface area contributed by atoms with Crippen molar-refractivity contribution in [2.24, 2.45) is 0 Å². The summed E-state index contributed by atoms with van der Waals surface area (Å²) < 4.78 is 22.1. The highest BCUT2D eigenvalue weighted by Crippen LogP contribution is 2.29. The number of hydrogen-bond donors (Lipinski definition) is 1. The van der Waals surface area contributed by atoms with Gasteiger partial charge in [-0.3, -0.25) is 4.79 Å². The molecule has 1 N–H and O–H groups in total. The van der Waals surface area contributed by atoms with Crippen LogP contribution >= 0.6 is 0 Å². The van der Waals surface area contributed by atoms with Crippen LogP contribution in [-0.4, -0.2) is 20.1 Å².